The highest BCUT2D eigenvalue weighted by Crippen LogP contribution is 2.21. The summed E-state index contributed by atoms with van der Waals surface area (Å²) in [5.74, 6) is 1.05. The van der Waals surface area contributed by atoms with Crippen molar-refractivity contribution >= 4 is 5.82 Å². The molecule has 1 aliphatic heterocycles. The van der Waals surface area contributed by atoms with Crippen LogP contribution in [0.15, 0.2) is 0 Å². The standard InChI is InChI=1S/C15H24N6/c1-5-11-12(7-16)15(21-20-14(11)6-2)17-8-13-9(3)18-19-10(13)4/h9-10,13,18-19H,5-6,8H2,1-4H3,(H,17,21). The van der Waals surface area contributed by atoms with Gasteiger partial charge in [0.15, 0.2) is 5.82 Å². The van der Waals surface area contributed by atoms with E-state index < -0.39 is 0 Å². The topological polar surface area (TPSA) is 85.7 Å². The molecule has 0 amide bonds. The predicted molar refractivity (Wildman–Crippen MR) is 82.7 cm³/mol. The molecule has 0 bridgehead atoms. The van der Waals surface area contributed by atoms with Crippen LogP contribution in [-0.2, 0) is 12.8 Å². The van der Waals surface area contributed by atoms with E-state index in [1.807, 2.05) is 6.92 Å². The monoisotopic (exact) mass is 288 g/mol. The number of hydrogen-bond donors (Lipinski definition) is 3. The van der Waals surface area contributed by atoms with Gasteiger partial charge in [0.05, 0.1) is 5.69 Å². The molecule has 1 aliphatic rings. The largest absolute Gasteiger partial charge is 0.367 e. The highest BCUT2D eigenvalue weighted by molar-refractivity contribution is 5.56. The third-order valence-electron chi connectivity index (χ3n) is 4.29. The van der Waals surface area contributed by atoms with E-state index in [0.717, 1.165) is 30.6 Å². The maximum absolute atomic E-state index is 9.46. The van der Waals surface area contributed by atoms with Crippen molar-refractivity contribution in [2.24, 2.45) is 5.92 Å². The molecule has 114 valence electrons. The molecular formula is C15H24N6. The summed E-state index contributed by atoms with van der Waals surface area (Å²) in [6.07, 6.45) is 1.60. The molecule has 0 saturated carbocycles. The van der Waals surface area contributed by atoms with Crippen molar-refractivity contribution in [2.45, 2.75) is 52.6 Å². The normalized spacial score (nSPS) is 24.8. The molecule has 2 atom stereocenters. The van der Waals surface area contributed by atoms with Crippen molar-refractivity contribution in [3.05, 3.63) is 16.8 Å². The Kier molecular flexibility index (Phi) is 5.10. The fraction of sp³-hybridized carbons (Fsp3) is 0.667. The number of hydrazine groups is 1. The van der Waals surface area contributed by atoms with Crippen molar-refractivity contribution in [3.63, 3.8) is 0 Å². The lowest BCUT2D eigenvalue weighted by Crippen LogP contribution is -2.30. The smallest absolute Gasteiger partial charge is 0.166 e. The number of aryl methyl sites for hydroxylation is 1. The van der Waals surface area contributed by atoms with Gasteiger partial charge in [-0.2, -0.15) is 10.4 Å². The Morgan fingerprint density at radius 3 is 2.33 bits per heavy atom. The van der Waals surface area contributed by atoms with Gasteiger partial charge in [0.2, 0.25) is 0 Å². The number of rotatable bonds is 5. The fourth-order valence-corrected chi connectivity index (χ4v) is 2.90. The van der Waals surface area contributed by atoms with Gasteiger partial charge in [-0.05, 0) is 32.3 Å². The summed E-state index contributed by atoms with van der Waals surface area (Å²) in [5.41, 5.74) is 9.05. The predicted octanol–water partition coefficient (Wildman–Crippen LogP) is 1.39. The zero-order valence-electron chi connectivity index (χ0n) is 13.2. The Hall–Kier alpha value is -1.71. The third-order valence-corrected chi connectivity index (χ3v) is 4.29. The Labute approximate surface area is 126 Å². The maximum Gasteiger partial charge on any atom is 0.166 e. The van der Waals surface area contributed by atoms with Crippen LogP contribution in [0.5, 0.6) is 0 Å². The number of hydrogen-bond acceptors (Lipinski definition) is 6. The summed E-state index contributed by atoms with van der Waals surface area (Å²) in [7, 11) is 0. The van der Waals surface area contributed by atoms with Crippen LogP contribution >= 0.6 is 0 Å². The summed E-state index contributed by atoms with van der Waals surface area (Å²) in [6, 6.07) is 3.05. The van der Waals surface area contributed by atoms with Crippen LogP contribution in [-0.4, -0.2) is 28.8 Å². The Morgan fingerprint density at radius 1 is 1.14 bits per heavy atom. The van der Waals surface area contributed by atoms with Crippen LogP contribution in [0.25, 0.3) is 0 Å². The van der Waals surface area contributed by atoms with Gasteiger partial charge in [0, 0.05) is 24.5 Å². The van der Waals surface area contributed by atoms with Gasteiger partial charge in [0.1, 0.15) is 11.6 Å². The Bertz CT molecular complexity index is 526. The first-order valence-corrected chi connectivity index (χ1v) is 7.65. The summed E-state index contributed by atoms with van der Waals surface area (Å²) < 4.78 is 0. The van der Waals surface area contributed by atoms with Crippen molar-refractivity contribution in [1.82, 2.24) is 21.0 Å². The van der Waals surface area contributed by atoms with E-state index in [0.29, 0.717) is 29.4 Å². The number of aromatic nitrogens is 2. The van der Waals surface area contributed by atoms with Gasteiger partial charge in [0.25, 0.3) is 0 Å². The molecule has 0 radical (unpaired) electrons. The van der Waals surface area contributed by atoms with Crippen molar-refractivity contribution in [2.75, 3.05) is 11.9 Å². The third kappa shape index (κ3) is 3.14. The van der Waals surface area contributed by atoms with Gasteiger partial charge >= 0.3 is 0 Å². The molecule has 1 aromatic heterocycles. The van der Waals surface area contributed by atoms with Crippen molar-refractivity contribution < 1.29 is 0 Å². The lowest BCUT2D eigenvalue weighted by molar-refractivity contribution is 0.466. The van der Waals surface area contributed by atoms with Crippen molar-refractivity contribution in [1.29, 1.82) is 5.26 Å². The average molecular weight is 288 g/mol. The lowest BCUT2D eigenvalue weighted by Gasteiger charge is -2.19. The summed E-state index contributed by atoms with van der Waals surface area (Å²) in [4.78, 5) is 0. The van der Waals surface area contributed by atoms with E-state index in [4.69, 9.17) is 0 Å². The van der Waals surface area contributed by atoms with Gasteiger partial charge in [-0.15, -0.1) is 5.10 Å². The molecular weight excluding hydrogens is 264 g/mol. The van der Waals surface area contributed by atoms with Gasteiger partial charge < -0.3 is 5.32 Å². The highest BCUT2D eigenvalue weighted by Gasteiger charge is 2.29. The van der Waals surface area contributed by atoms with Crippen LogP contribution in [0, 0.1) is 17.2 Å². The SMILES string of the molecule is CCc1nnc(NCC2C(C)NNC2C)c(C#N)c1CC. The molecule has 2 rings (SSSR count). The average Bonchev–Trinajstić information content (AvgIpc) is 2.82. The molecule has 0 aromatic carbocycles. The first-order chi connectivity index (χ1) is 10.1. The van der Waals surface area contributed by atoms with E-state index in [1.54, 1.807) is 0 Å². The second-order valence-electron chi connectivity index (χ2n) is 5.58. The zero-order valence-corrected chi connectivity index (χ0v) is 13.2. The van der Waals surface area contributed by atoms with Crippen LogP contribution in [0.1, 0.15) is 44.5 Å². The number of nitriles is 1. The first-order valence-electron chi connectivity index (χ1n) is 7.65. The quantitative estimate of drug-likeness (QED) is 0.759. The molecule has 6 nitrogen and oxygen atoms in total. The van der Waals surface area contributed by atoms with E-state index >= 15 is 0 Å². The highest BCUT2D eigenvalue weighted by atomic mass is 15.4. The van der Waals surface area contributed by atoms with E-state index in [-0.39, 0.29) is 0 Å². The van der Waals surface area contributed by atoms with Crippen LogP contribution in [0.4, 0.5) is 5.82 Å². The number of anilines is 1. The minimum atomic E-state index is 0.381. The first kappa shape index (κ1) is 15.7. The summed E-state index contributed by atoms with van der Waals surface area (Å²) in [5, 5.41) is 21.3. The Morgan fingerprint density at radius 2 is 1.81 bits per heavy atom. The van der Waals surface area contributed by atoms with Gasteiger partial charge in [-0.1, -0.05) is 13.8 Å². The minimum Gasteiger partial charge on any atom is -0.367 e. The summed E-state index contributed by atoms with van der Waals surface area (Å²) in [6.45, 7) is 9.15. The second kappa shape index (κ2) is 6.83. The molecule has 1 saturated heterocycles. The Balaban J connectivity index is 2.19. The molecule has 3 N–H and O–H groups in total. The molecule has 21 heavy (non-hydrogen) atoms. The molecule has 1 fully saturated rings. The zero-order chi connectivity index (χ0) is 15.4. The van der Waals surface area contributed by atoms with Gasteiger partial charge in [-0.25, -0.2) is 0 Å². The van der Waals surface area contributed by atoms with Crippen LogP contribution in [0.2, 0.25) is 0 Å². The molecule has 2 unspecified atom stereocenters. The van der Waals surface area contributed by atoms with E-state index in [9.17, 15) is 5.26 Å². The van der Waals surface area contributed by atoms with Crippen LogP contribution in [0.3, 0.4) is 0 Å². The second-order valence-corrected chi connectivity index (χ2v) is 5.58. The molecule has 0 spiro atoms. The molecule has 2 heterocycles. The molecule has 6 heteroatoms. The molecule has 1 aromatic rings. The fourth-order valence-electron chi connectivity index (χ4n) is 2.90. The maximum atomic E-state index is 9.46. The number of nitrogens with zero attached hydrogens (tertiary/aromatic N) is 3. The summed E-state index contributed by atoms with van der Waals surface area (Å²) >= 11 is 0. The van der Waals surface area contributed by atoms with Crippen LogP contribution < -0.4 is 16.2 Å². The molecule has 0 aliphatic carbocycles. The van der Waals surface area contributed by atoms with Gasteiger partial charge in [-0.3, -0.25) is 10.9 Å². The number of nitrogens with one attached hydrogen (secondary N) is 3. The lowest BCUT2D eigenvalue weighted by atomic mass is 9.96. The minimum absolute atomic E-state index is 0.381. The van der Waals surface area contributed by atoms with E-state index in [2.05, 4.69) is 53.2 Å². The van der Waals surface area contributed by atoms with Crippen molar-refractivity contribution in [3.8, 4) is 6.07 Å². The van der Waals surface area contributed by atoms with E-state index in [1.165, 1.54) is 0 Å².